The maximum atomic E-state index is 11.8. The van der Waals surface area contributed by atoms with Crippen molar-refractivity contribution in [2.24, 2.45) is 5.10 Å². The Balaban J connectivity index is 1.75. The molecule has 0 heterocycles. The average Bonchev–Trinajstić information content (AvgIpc) is 2.69. The number of hydrazone groups is 1. The molecule has 8 heteroatoms. The number of hydrogen-bond acceptors (Lipinski definition) is 5. The zero-order valence-corrected chi connectivity index (χ0v) is 14.8. The van der Waals surface area contributed by atoms with Gasteiger partial charge in [-0.1, -0.05) is 30.3 Å². The van der Waals surface area contributed by atoms with Crippen molar-refractivity contribution in [1.82, 2.24) is 10.7 Å². The minimum atomic E-state index is -0.485. The van der Waals surface area contributed by atoms with Gasteiger partial charge in [-0.05, 0) is 30.2 Å². The largest absolute Gasteiger partial charge is 0.352 e. The fourth-order valence-corrected chi connectivity index (χ4v) is 2.20. The minimum absolute atomic E-state index is 0.0116. The summed E-state index contributed by atoms with van der Waals surface area (Å²) in [5.41, 5.74) is 4.51. The summed E-state index contributed by atoms with van der Waals surface area (Å²) >= 11 is 0. The van der Waals surface area contributed by atoms with Crippen LogP contribution >= 0.6 is 0 Å². The van der Waals surface area contributed by atoms with Gasteiger partial charge in [-0.15, -0.1) is 0 Å². The fraction of sp³-hybridized carbons (Fsp3) is 0.211. The lowest BCUT2D eigenvalue weighted by atomic mass is 10.1. The standard InChI is InChI=1S/C19H20N4O4/c1-14(16-7-9-17(10-8-16)23(26)27)21-22-19(25)12-11-18(24)20-13-15-5-3-2-4-6-15/h2-10H,11-13H2,1H3,(H,20,24)(H,22,25)/b21-14-. The van der Waals surface area contributed by atoms with Crippen LogP contribution in [0.3, 0.4) is 0 Å². The van der Waals surface area contributed by atoms with Gasteiger partial charge in [-0.3, -0.25) is 19.7 Å². The fourth-order valence-electron chi connectivity index (χ4n) is 2.20. The molecule has 0 atom stereocenters. The summed E-state index contributed by atoms with van der Waals surface area (Å²) in [5.74, 6) is -0.601. The van der Waals surface area contributed by atoms with E-state index in [0.717, 1.165) is 5.56 Å². The third kappa shape index (κ3) is 6.69. The first kappa shape index (κ1) is 19.8. The molecule has 0 aliphatic rings. The molecule has 27 heavy (non-hydrogen) atoms. The lowest BCUT2D eigenvalue weighted by Gasteiger charge is -2.05. The number of non-ortho nitro benzene ring substituents is 1. The van der Waals surface area contributed by atoms with Gasteiger partial charge in [0.1, 0.15) is 0 Å². The van der Waals surface area contributed by atoms with Gasteiger partial charge >= 0.3 is 0 Å². The molecule has 2 rings (SSSR count). The quantitative estimate of drug-likeness (QED) is 0.423. The third-order valence-electron chi connectivity index (χ3n) is 3.76. The van der Waals surface area contributed by atoms with E-state index in [1.165, 1.54) is 12.1 Å². The first-order valence-corrected chi connectivity index (χ1v) is 8.34. The molecule has 0 spiro atoms. The summed E-state index contributed by atoms with van der Waals surface area (Å²) in [7, 11) is 0. The molecular formula is C19H20N4O4. The first-order chi connectivity index (χ1) is 13.0. The van der Waals surface area contributed by atoms with Crippen LogP contribution in [0.2, 0.25) is 0 Å². The van der Waals surface area contributed by atoms with Crippen molar-refractivity contribution in [1.29, 1.82) is 0 Å². The summed E-state index contributed by atoms with van der Waals surface area (Å²) in [6, 6.07) is 15.3. The third-order valence-corrected chi connectivity index (χ3v) is 3.76. The highest BCUT2D eigenvalue weighted by Crippen LogP contribution is 2.12. The zero-order valence-electron chi connectivity index (χ0n) is 14.8. The van der Waals surface area contributed by atoms with Crippen molar-refractivity contribution in [2.45, 2.75) is 26.3 Å². The van der Waals surface area contributed by atoms with Crippen LogP contribution in [0, 0.1) is 10.1 Å². The number of carbonyl (C=O) groups is 2. The molecule has 0 unspecified atom stereocenters. The number of nitrogens with one attached hydrogen (secondary N) is 2. The highest BCUT2D eigenvalue weighted by molar-refractivity contribution is 5.99. The second-order valence-electron chi connectivity index (χ2n) is 5.80. The Kier molecular flexibility index (Phi) is 7.18. The second kappa shape index (κ2) is 9.81. The Labute approximate surface area is 156 Å². The molecule has 0 aromatic heterocycles. The molecule has 0 saturated carbocycles. The summed E-state index contributed by atoms with van der Waals surface area (Å²) in [6.07, 6.45) is 0.0719. The topological polar surface area (TPSA) is 114 Å². The van der Waals surface area contributed by atoms with Gasteiger partial charge in [0.25, 0.3) is 5.69 Å². The van der Waals surface area contributed by atoms with Gasteiger partial charge in [0, 0.05) is 31.5 Å². The molecule has 0 saturated heterocycles. The van der Waals surface area contributed by atoms with Crippen LogP contribution in [-0.4, -0.2) is 22.4 Å². The Morgan fingerprint density at radius 2 is 1.63 bits per heavy atom. The Hall–Kier alpha value is -3.55. The van der Waals surface area contributed by atoms with Crippen molar-refractivity contribution >= 4 is 23.2 Å². The molecule has 2 amide bonds. The lowest BCUT2D eigenvalue weighted by molar-refractivity contribution is -0.384. The maximum Gasteiger partial charge on any atom is 0.269 e. The van der Waals surface area contributed by atoms with E-state index < -0.39 is 4.92 Å². The monoisotopic (exact) mass is 368 g/mol. The minimum Gasteiger partial charge on any atom is -0.352 e. The van der Waals surface area contributed by atoms with E-state index in [0.29, 0.717) is 17.8 Å². The predicted octanol–water partition coefficient (Wildman–Crippen LogP) is 2.53. The number of benzene rings is 2. The lowest BCUT2D eigenvalue weighted by Crippen LogP contribution is -2.26. The van der Waals surface area contributed by atoms with E-state index >= 15 is 0 Å². The highest BCUT2D eigenvalue weighted by atomic mass is 16.6. The number of nitro benzene ring substituents is 1. The van der Waals surface area contributed by atoms with Crippen molar-refractivity contribution in [3.63, 3.8) is 0 Å². The van der Waals surface area contributed by atoms with Crippen LogP contribution in [0.1, 0.15) is 30.9 Å². The van der Waals surface area contributed by atoms with Gasteiger partial charge in [0.15, 0.2) is 0 Å². The molecule has 140 valence electrons. The van der Waals surface area contributed by atoms with E-state index in [1.54, 1.807) is 19.1 Å². The molecule has 2 N–H and O–H groups in total. The van der Waals surface area contributed by atoms with Crippen molar-refractivity contribution in [3.05, 3.63) is 75.8 Å². The van der Waals surface area contributed by atoms with Crippen LogP contribution in [0.4, 0.5) is 5.69 Å². The van der Waals surface area contributed by atoms with Crippen LogP contribution in [-0.2, 0) is 16.1 Å². The van der Waals surface area contributed by atoms with Crippen molar-refractivity contribution < 1.29 is 14.5 Å². The summed E-state index contributed by atoms with van der Waals surface area (Å²) < 4.78 is 0. The van der Waals surface area contributed by atoms with Crippen LogP contribution in [0.25, 0.3) is 0 Å². The molecule has 0 aliphatic heterocycles. The number of amides is 2. The number of nitro groups is 1. The van der Waals surface area contributed by atoms with E-state index in [1.807, 2.05) is 30.3 Å². The normalized spacial score (nSPS) is 10.9. The maximum absolute atomic E-state index is 11.8. The number of hydrogen-bond donors (Lipinski definition) is 2. The van der Waals surface area contributed by atoms with E-state index in [2.05, 4.69) is 15.8 Å². The molecule has 8 nitrogen and oxygen atoms in total. The molecule has 0 radical (unpaired) electrons. The van der Waals surface area contributed by atoms with Gasteiger partial charge in [0.2, 0.25) is 11.8 Å². The van der Waals surface area contributed by atoms with Gasteiger partial charge in [0.05, 0.1) is 10.6 Å². The Morgan fingerprint density at radius 1 is 1.00 bits per heavy atom. The molecule has 0 aliphatic carbocycles. The molecule has 0 fully saturated rings. The number of carbonyl (C=O) groups excluding carboxylic acids is 2. The number of nitrogens with zero attached hydrogens (tertiary/aromatic N) is 2. The van der Waals surface area contributed by atoms with E-state index in [-0.39, 0.29) is 30.3 Å². The Morgan fingerprint density at radius 3 is 2.26 bits per heavy atom. The van der Waals surface area contributed by atoms with Crippen LogP contribution in [0.15, 0.2) is 59.7 Å². The summed E-state index contributed by atoms with van der Waals surface area (Å²) in [5, 5.41) is 17.3. The van der Waals surface area contributed by atoms with E-state index in [9.17, 15) is 19.7 Å². The smallest absolute Gasteiger partial charge is 0.269 e. The number of rotatable bonds is 8. The first-order valence-electron chi connectivity index (χ1n) is 8.34. The van der Waals surface area contributed by atoms with E-state index in [4.69, 9.17) is 0 Å². The summed E-state index contributed by atoms with van der Waals surface area (Å²) in [6.45, 7) is 2.09. The highest BCUT2D eigenvalue weighted by Gasteiger charge is 2.08. The second-order valence-corrected chi connectivity index (χ2v) is 5.80. The van der Waals surface area contributed by atoms with Crippen molar-refractivity contribution in [3.8, 4) is 0 Å². The van der Waals surface area contributed by atoms with Crippen molar-refractivity contribution in [2.75, 3.05) is 0 Å². The van der Waals surface area contributed by atoms with Crippen LogP contribution in [0.5, 0.6) is 0 Å². The van der Waals surface area contributed by atoms with Gasteiger partial charge in [-0.25, -0.2) is 5.43 Å². The summed E-state index contributed by atoms with van der Waals surface area (Å²) in [4.78, 5) is 33.8. The predicted molar refractivity (Wildman–Crippen MR) is 101 cm³/mol. The molecule has 2 aromatic rings. The van der Waals surface area contributed by atoms with Gasteiger partial charge in [-0.2, -0.15) is 5.10 Å². The van der Waals surface area contributed by atoms with Gasteiger partial charge < -0.3 is 5.32 Å². The van der Waals surface area contributed by atoms with Crippen LogP contribution < -0.4 is 10.7 Å². The average molecular weight is 368 g/mol. The zero-order chi connectivity index (χ0) is 19.6. The molecule has 0 bridgehead atoms. The Bertz CT molecular complexity index is 833. The molecular weight excluding hydrogens is 348 g/mol. The molecule has 2 aromatic carbocycles. The SMILES string of the molecule is C/C(=N/NC(=O)CCC(=O)NCc1ccccc1)c1ccc([N+](=O)[O-])cc1.